The van der Waals surface area contributed by atoms with Crippen LogP contribution in [0.1, 0.15) is 43.0 Å². The smallest absolute Gasteiger partial charge is 0.272 e. The number of benzene rings is 2. The third-order valence-corrected chi connectivity index (χ3v) is 6.12. The molecule has 1 aromatic heterocycles. The Morgan fingerprint density at radius 2 is 1.67 bits per heavy atom. The molecule has 1 aliphatic heterocycles. The van der Waals surface area contributed by atoms with Crippen LogP contribution in [0.15, 0.2) is 35.1 Å². The van der Waals surface area contributed by atoms with Crippen molar-refractivity contribution >= 4 is 22.6 Å². The number of H-pyrrole nitrogens is 1. The van der Waals surface area contributed by atoms with Crippen LogP contribution >= 0.6 is 0 Å². The standard InChI is InChI=1S/C25H25F3N4O4/c1-2-3-4-9-19(33)31-10-12-32(13-11-31)25(35)17-14-18(26)21(28)22(20(17)27)36-24-16-8-6-5-7-15(16)23(34)29-30-24/h5-8,14H,2-4,9-13H2,1H3,(H,29,34). The van der Waals surface area contributed by atoms with E-state index >= 15 is 4.39 Å². The summed E-state index contributed by atoms with van der Waals surface area (Å²) in [4.78, 5) is 40.2. The summed E-state index contributed by atoms with van der Waals surface area (Å²) in [5.74, 6) is -6.87. The molecule has 0 aliphatic carbocycles. The number of ether oxygens (including phenoxy) is 1. The van der Waals surface area contributed by atoms with Gasteiger partial charge in [-0.05, 0) is 24.6 Å². The number of nitrogens with one attached hydrogen (secondary N) is 1. The molecule has 2 amide bonds. The predicted molar refractivity (Wildman–Crippen MR) is 125 cm³/mol. The van der Waals surface area contributed by atoms with E-state index in [-0.39, 0.29) is 48.7 Å². The lowest BCUT2D eigenvalue weighted by Crippen LogP contribution is -2.50. The Morgan fingerprint density at radius 1 is 1.00 bits per heavy atom. The predicted octanol–water partition coefficient (Wildman–Crippen LogP) is 4.00. The minimum absolute atomic E-state index is 0.00845. The van der Waals surface area contributed by atoms with Crippen LogP contribution < -0.4 is 10.3 Å². The number of rotatable bonds is 7. The molecule has 0 radical (unpaired) electrons. The van der Waals surface area contributed by atoms with Gasteiger partial charge in [0.25, 0.3) is 11.5 Å². The van der Waals surface area contributed by atoms with Gasteiger partial charge in [0, 0.05) is 32.6 Å². The summed E-state index contributed by atoms with van der Waals surface area (Å²) in [5, 5.41) is 6.14. The Morgan fingerprint density at radius 3 is 2.36 bits per heavy atom. The molecule has 2 heterocycles. The molecule has 1 fully saturated rings. The van der Waals surface area contributed by atoms with Crippen molar-refractivity contribution in [2.45, 2.75) is 32.6 Å². The second kappa shape index (κ2) is 10.8. The summed E-state index contributed by atoms with van der Waals surface area (Å²) < 4.78 is 49.6. The number of carbonyl (C=O) groups excluding carboxylic acids is 2. The van der Waals surface area contributed by atoms with Gasteiger partial charge in [0.05, 0.1) is 16.3 Å². The molecule has 0 saturated carbocycles. The number of fused-ring (bicyclic) bond motifs is 1. The van der Waals surface area contributed by atoms with E-state index in [1.54, 1.807) is 17.0 Å². The van der Waals surface area contributed by atoms with Gasteiger partial charge < -0.3 is 14.5 Å². The molecule has 0 spiro atoms. The third kappa shape index (κ3) is 5.05. The van der Waals surface area contributed by atoms with Gasteiger partial charge in [-0.25, -0.2) is 13.9 Å². The summed E-state index contributed by atoms with van der Waals surface area (Å²) in [6, 6.07) is 6.56. The summed E-state index contributed by atoms with van der Waals surface area (Å²) in [7, 11) is 0. The molecule has 36 heavy (non-hydrogen) atoms. The van der Waals surface area contributed by atoms with Crippen LogP contribution in [0.3, 0.4) is 0 Å². The minimum atomic E-state index is -1.64. The van der Waals surface area contributed by atoms with Gasteiger partial charge in [-0.1, -0.05) is 31.9 Å². The number of unbranched alkanes of at least 4 members (excludes halogenated alkanes) is 2. The van der Waals surface area contributed by atoms with Crippen LogP contribution in [0.2, 0.25) is 0 Å². The third-order valence-electron chi connectivity index (χ3n) is 6.12. The van der Waals surface area contributed by atoms with Crippen molar-refractivity contribution in [2.24, 2.45) is 0 Å². The molecule has 8 nitrogen and oxygen atoms in total. The number of hydrogen-bond donors (Lipinski definition) is 1. The zero-order valence-electron chi connectivity index (χ0n) is 19.7. The number of piperazine rings is 1. The van der Waals surface area contributed by atoms with E-state index in [1.165, 1.54) is 17.0 Å². The van der Waals surface area contributed by atoms with E-state index < -0.39 is 40.2 Å². The lowest BCUT2D eigenvalue weighted by Gasteiger charge is -2.35. The first kappa shape index (κ1) is 25.2. The molecule has 3 aromatic rings. The highest BCUT2D eigenvalue weighted by Gasteiger charge is 2.30. The number of aromatic amines is 1. The topological polar surface area (TPSA) is 95.6 Å². The van der Waals surface area contributed by atoms with Crippen LogP contribution in [0.5, 0.6) is 11.6 Å². The molecule has 0 unspecified atom stereocenters. The zero-order chi connectivity index (χ0) is 25.8. The molecule has 2 aromatic carbocycles. The van der Waals surface area contributed by atoms with Crippen LogP contribution in [-0.4, -0.2) is 58.0 Å². The fraction of sp³-hybridized carbons (Fsp3) is 0.360. The second-order valence-electron chi connectivity index (χ2n) is 8.50. The van der Waals surface area contributed by atoms with Crippen molar-refractivity contribution in [3.05, 3.63) is 63.7 Å². The summed E-state index contributed by atoms with van der Waals surface area (Å²) in [5.41, 5.74) is -1.25. The van der Waals surface area contributed by atoms with E-state index in [2.05, 4.69) is 10.2 Å². The van der Waals surface area contributed by atoms with Crippen LogP contribution in [0.25, 0.3) is 10.8 Å². The highest BCUT2D eigenvalue weighted by atomic mass is 19.2. The van der Waals surface area contributed by atoms with Crippen LogP contribution in [0.4, 0.5) is 13.2 Å². The highest BCUT2D eigenvalue weighted by Crippen LogP contribution is 2.33. The van der Waals surface area contributed by atoms with E-state index in [0.717, 1.165) is 19.3 Å². The molecular weight excluding hydrogens is 477 g/mol. The van der Waals surface area contributed by atoms with Gasteiger partial charge in [0.15, 0.2) is 11.6 Å². The molecule has 190 valence electrons. The Kier molecular flexibility index (Phi) is 7.56. The lowest BCUT2D eigenvalue weighted by molar-refractivity contribution is -0.132. The maximum Gasteiger partial charge on any atom is 0.272 e. The fourth-order valence-electron chi connectivity index (χ4n) is 4.10. The van der Waals surface area contributed by atoms with E-state index in [4.69, 9.17) is 4.74 Å². The van der Waals surface area contributed by atoms with Gasteiger partial charge in [0.2, 0.25) is 23.4 Å². The quantitative estimate of drug-likeness (QED) is 0.389. The molecule has 11 heteroatoms. The van der Waals surface area contributed by atoms with Crippen molar-refractivity contribution in [2.75, 3.05) is 26.2 Å². The second-order valence-corrected chi connectivity index (χ2v) is 8.50. The largest absolute Gasteiger partial charge is 0.431 e. The number of amides is 2. The Hall–Kier alpha value is -3.89. The summed E-state index contributed by atoms with van der Waals surface area (Å²) in [6.45, 7) is 2.82. The van der Waals surface area contributed by atoms with Crippen molar-refractivity contribution in [1.82, 2.24) is 20.0 Å². The van der Waals surface area contributed by atoms with Crippen LogP contribution in [-0.2, 0) is 4.79 Å². The maximum absolute atomic E-state index is 15.3. The maximum atomic E-state index is 15.3. The average Bonchev–Trinajstić information content (AvgIpc) is 2.90. The lowest BCUT2D eigenvalue weighted by atomic mass is 10.1. The Balaban J connectivity index is 1.55. The molecular formula is C25H25F3N4O4. The van der Waals surface area contributed by atoms with E-state index in [9.17, 15) is 23.2 Å². The van der Waals surface area contributed by atoms with Crippen molar-refractivity contribution < 1.29 is 27.5 Å². The minimum Gasteiger partial charge on any atom is -0.431 e. The first-order chi connectivity index (χ1) is 17.3. The molecule has 0 bridgehead atoms. The first-order valence-electron chi connectivity index (χ1n) is 11.7. The Bertz CT molecular complexity index is 1350. The number of carbonyl (C=O) groups is 2. The van der Waals surface area contributed by atoms with Crippen LogP contribution in [0, 0.1) is 17.5 Å². The first-order valence-corrected chi connectivity index (χ1v) is 11.7. The van der Waals surface area contributed by atoms with Gasteiger partial charge in [-0.3, -0.25) is 14.4 Å². The Labute approximate surface area is 204 Å². The number of halogens is 3. The fourth-order valence-corrected chi connectivity index (χ4v) is 4.10. The highest BCUT2D eigenvalue weighted by molar-refractivity contribution is 5.95. The zero-order valence-corrected chi connectivity index (χ0v) is 19.7. The van der Waals surface area contributed by atoms with Gasteiger partial charge in [-0.2, -0.15) is 4.39 Å². The van der Waals surface area contributed by atoms with Gasteiger partial charge >= 0.3 is 0 Å². The van der Waals surface area contributed by atoms with Crippen molar-refractivity contribution in [3.8, 4) is 11.6 Å². The van der Waals surface area contributed by atoms with Gasteiger partial charge in [-0.15, -0.1) is 5.10 Å². The van der Waals surface area contributed by atoms with Crippen molar-refractivity contribution in [1.29, 1.82) is 0 Å². The molecule has 0 atom stereocenters. The number of aromatic nitrogens is 2. The van der Waals surface area contributed by atoms with E-state index in [1.807, 2.05) is 6.92 Å². The average molecular weight is 502 g/mol. The molecule has 4 rings (SSSR count). The molecule has 1 aliphatic rings. The summed E-state index contributed by atoms with van der Waals surface area (Å²) >= 11 is 0. The normalized spacial score (nSPS) is 13.8. The van der Waals surface area contributed by atoms with Gasteiger partial charge in [0.1, 0.15) is 0 Å². The van der Waals surface area contributed by atoms with Crippen molar-refractivity contribution in [3.63, 3.8) is 0 Å². The SMILES string of the molecule is CCCCCC(=O)N1CCN(C(=O)c2cc(F)c(F)c(Oc3n[nH]c(=O)c4ccccc34)c2F)CC1. The van der Waals surface area contributed by atoms with E-state index in [0.29, 0.717) is 12.5 Å². The number of nitrogens with zero attached hydrogens (tertiary/aromatic N) is 3. The molecule has 1 N–H and O–H groups in total. The number of hydrogen-bond acceptors (Lipinski definition) is 5. The molecule has 1 saturated heterocycles. The monoisotopic (exact) mass is 502 g/mol. The summed E-state index contributed by atoms with van der Waals surface area (Å²) in [6.07, 6.45) is 3.16.